The lowest BCUT2D eigenvalue weighted by atomic mass is 10.0. The van der Waals surface area contributed by atoms with Crippen molar-refractivity contribution in [2.24, 2.45) is 0 Å². The molecule has 1 aliphatic rings. The minimum Gasteiger partial charge on any atom is -0.353 e. The Balaban J connectivity index is 0.000000556. The van der Waals surface area contributed by atoms with Crippen molar-refractivity contribution in [3.05, 3.63) is 89.6 Å². The molecule has 2 amide bonds. The van der Waals surface area contributed by atoms with Gasteiger partial charge < -0.3 is 14.7 Å². The third-order valence-electron chi connectivity index (χ3n) is 5.85. The Kier molecular flexibility index (Phi) is 8.13. The lowest BCUT2D eigenvalue weighted by molar-refractivity contribution is -0.115. The number of piperazine rings is 1. The largest absolute Gasteiger partial charge is 0.353 e. The molecule has 0 spiro atoms. The maximum absolute atomic E-state index is 13.6. The van der Waals surface area contributed by atoms with Crippen LogP contribution in [0, 0.1) is 0 Å². The van der Waals surface area contributed by atoms with Crippen molar-refractivity contribution in [1.82, 2.24) is 19.8 Å². The second-order valence-electron chi connectivity index (χ2n) is 8.59. The molecule has 0 bridgehead atoms. The van der Waals surface area contributed by atoms with Crippen molar-refractivity contribution in [3.8, 4) is 11.3 Å². The molecule has 0 saturated carbocycles. The number of fused-ring (bicyclic) bond motifs is 1. The third-order valence-corrected chi connectivity index (χ3v) is 6.18. The van der Waals surface area contributed by atoms with E-state index in [2.05, 4.69) is 9.88 Å². The van der Waals surface area contributed by atoms with E-state index in [-0.39, 0.29) is 5.91 Å². The Morgan fingerprint density at radius 1 is 0.944 bits per heavy atom. The van der Waals surface area contributed by atoms with Crippen LogP contribution in [0.1, 0.15) is 10.4 Å². The number of hydrogen-bond donors (Lipinski definition) is 0. The van der Waals surface area contributed by atoms with Gasteiger partial charge in [-0.15, -0.1) is 0 Å². The average Bonchev–Trinajstić information content (AvgIpc) is 2.93. The van der Waals surface area contributed by atoms with Gasteiger partial charge in [-0.1, -0.05) is 54.1 Å². The summed E-state index contributed by atoms with van der Waals surface area (Å²) in [5.74, 6) is 0.970. The molecule has 5 rings (SSSR count). The van der Waals surface area contributed by atoms with Crippen LogP contribution < -0.4 is 4.90 Å². The lowest BCUT2D eigenvalue weighted by Gasteiger charge is -2.35. The molecular weight excluding hydrogens is 474 g/mol. The molecule has 0 unspecified atom stereocenters. The first-order valence-corrected chi connectivity index (χ1v) is 12.1. The van der Waals surface area contributed by atoms with E-state index < -0.39 is 0 Å². The van der Waals surface area contributed by atoms with E-state index in [0.29, 0.717) is 29.4 Å². The Hall–Kier alpha value is -3.97. The summed E-state index contributed by atoms with van der Waals surface area (Å²) in [4.78, 5) is 37.8. The number of halogens is 1. The summed E-state index contributed by atoms with van der Waals surface area (Å²) >= 11 is 6.42. The van der Waals surface area contributed by atoms with Crippen LogP contribution in [0.3, 0.4) is 0 Å². The van der Waals surface area contributed by atoms with E-state index in [1.807, 2.05) is 77.7 Å². The van der Waals surface area contributed by atoms with Crippen LogP contribution in [0.2, 0.25) is 5.02 Å². The van der Waals surface area contributed by atoms with Crippen molar-refractivity contribution >= 4 is 40.6 Å². The van der Waals surface area contributed by atoms with E-state index >= 15 is 0 Å². The molecule has 0 N–H and O–H groups in total. The highest BCUT2D eigenvalue weighted by Gasteiger charge is 2.25. The predicted octanol–water partition coefficient (Wildman–Crippen LogP) is 4.62. The SMILES string of the molecule is CN(C)C=O.O=C(c1cc(-c2ccccc2Cl)nc2ccccc12)N1CCN(c2ccccn2)CC1. The first-order valence-electron chi connectivity index (χ1n) is 11.7. The van der Waals surface area contributed by atoms with Crippen LogP contribution in [0.4, 0.5) is 5.82 Å². The highest BCUT2D eigenvalue weighted by molar-refractivity contribution is 6.33. The minimum atomic E-state index is 0.0209. The Morgan fingerprint density at radius 3 is 2.28 bits per heavy atom. The summed E-state index contributed by atoms with van der Waals surface area (Å²) in [5.41, 5.74) is 2.98. The standard InChI is InChI=1S/C25H21ClN4O.C3H7NO/c26-21-9-3-1-8-19(21)23-17-20(18-7-2-4-10-22(18)28-23)25(31)30-15-13-29(14-16-30)24-11-5-6-12-27-24;1-4(2)3-5/h1-12,17H,13-16H2;3H,1-2H3. The van der Waals surface area contributed by atoms with Crippen LogP contribution in [0.5, 0.6) is 0 Å². The van der Waals surface area contributed by atoms with Gasteiger partial charge in [0.15, 0.2) is 0 Å². The monoisotopic (exact) mass is 501 g/mol. The summed E-state index contributed by atoms with van der Waals surface area (Å²) in [7, 11) is 3.38. The van der Waals surface area contributed by atoms with Gasteiger partial charge in [0.1, 0.15) is 5.82 Å². The molecule has 7 nitrogen and oxygen atoms in total. The van der Waals surface area contributed by atoms with Gasteiger partial charge in [0.25, 0.3) is 5.91 Å². The molecule has 0 aliphatic carbocycles. The van der Waals surface area contributed by atoms with Gasteiger partial charge in [-0.3, -0.25) is 9.59 Å². The second kappa shape index (κ2) is 11.6. The maximum Gasteiger partial charge on any atom is 0.254 e. The van der Waals surface area contributed by atoms with Crippen LogP contribution in [-0.4, -0.2) is 72.4 Å². The number of amides is 2. The van der Waals surface area contributed by atoms with Crippen molar-refractivity contribution in [1.29, 1.82) is 0 Å². The predicted molar refractivity (Wildman–Crippen MR) is 144 cm³/mol. The number of benzene rings is 2. The summed E-state index contributed by atoms with van der Waals surface area (Å²) in [6, 6.07) is 23.1. The van der Waals surface area contributed by atoms with Crippen LogP contribution in [0.15, 0.2) is 79.0 Å². The van der Waals surface area contributed by atoms with E-state index in [9.17, 15) is 9.59 Å². The van der Waals surface area contributed by atoms with Gasteiger partial charge in [0, 0.05) is 62.4 Å². The molecule has 0 atom stereocenters. The number of rotatable bonds is 4. The Morgan fingerprint density at radius 2 is 1.61 bits per heavy atom. The maximum atomic E-state index is 13.6. The molecule has 2 aromatic carbocycles. The fourth-order valence-electron chi connectivity index (χ4n) is 4.01. The van der Waals surface area contributed by atoms with Gasteiger partial charge in [0.05, 0.1) is 16.8 Å². The first-order chi connectivity index (χ1) is 17.5. The van der Waals surface area contributed by atoms with Crippen LogP contribution in [0.25, 0.3) is 22.2 Å². The quantitative estimate of drug-likeness (QED) is 0.382. The lowest BCUT2D eigenvalue weighted by Crippen LogP contribution is -2.49. The van der Waals surface area contributed by atoms with Gasteiger partial charge in [-0.2, -0.15) is 0 Å². The molecule has 36 heavy (non-hydrogen) atoms. The molecule has 4 aromatic rings. The fourth-order valence-corrected chi connectivity index (χ4v) is 4.24. The topological polar surface area (TPSA) is 69.6 Å². The summed E-state index contributed by atoms with van der Waals surface area (Å²) in [6.07, 6.45) is 2.55. The Labute approximate surface area is 215 Å². The van der Waals surface area contributed by atoms with Crippen molar-refractivity contribution in [3.63, 3.8) is 0 Å². The average molecular weight is 502 g/mol. The number of aromatic nitrogens is 2. The number of hydrogen-bond acceptors (Lipinski definition) is 5. The zero-order valence-electron chi connectivity index (χ0n) is 20.3. The molecule has 2 aromatic heterocycles. The number of carbonyl (C=O) groups is 2. The normalized spacial score (nSPS) is 13.1. The Bertz CT molecular complexity index is 1340. The molecule has 1 fully saturated rings. The van der Waals surface area contributed by atoms with Crippen LogP contribution in [-0.2, 0) is 4.79 Å². The number of para-hydroxylation sites is 1. The summed E-state index contributed by atoms with van der Waals surface area (Å²) in [5, 5.41) is 1.48. The molecule has 0 radical (unpaired) electrons. The van der Waals surface area contributed by atoms with E-state index in [1.165, 1.54) is 4.90 Å². The smallest absolute Gasteiger partial charge is 0.254 e. The number of nitrogens with zero attached hydrogens (tertiary/aromatic N) is 5. The van der Waals surface area contributed by atoms with E-state index in [4.69, 9.17) is 16.6 Å². The summed E-state index contributed by atoms with van der Waals surface area (Å²) in [6.45, 7) is 2.80. The highest BCUT2D eigenvalue weighted by Crippen LogP contribution is 2.30. The second-order valence-corrected chi connectivity index (χ2v) is 9.00. The molecule has 3 heterocycles. The molecule has 1 saturated heterocycles. The third kappa shape index (κ3) is 5.80. The minimum absolute atomic E-state index is 0.0209. The zero-order chi connectivity index (χ0) is 25.5. The van der Waals surface area contributed by atoms with Gasteiger partial charge in [-0.25, -0.2) is 9.97 Å². The zero-order valence-corrected chi connectivity index (χ0v) is 21.1. The number of anilines is 1. The van der Waals surface area contributed by atoms with Crippen molar-refractivity contribution in [2.75, 3.05) is 45.2 Å². The molecule has 8 heteroatoms. The number of pyridine rings is 2. The van der Waals surface area contributed by atoms with Gasteiger partial charge >= 0.3 is 0 Å². The fraction of sp³-hybridized carbons (Fsp3) is 0.214. The van der Waals surface area contributed by atoms with E-state index in [1.54, 1.807) is 20.3 Å². The van der Waals surface area contributed by atoms with Crippen molar-refractivity contribution in [2.45, 2.75) is 0 Å². The molecule has 184 valence electrons. The molecule has 1 aliphatic heterocycles. The number of carbonyl (C=O) groups excluding carboxylic acids is 2. The highest BCUT2D eigenvalue weighted by atomic mass is 35.5. The summed E-state index contributed by atoms with van der Waals surface area (Å²) < 4.78 is 0. The van der Waals surface area contributed by atoms with Crippen molar-refractivity contribution < 1.29 is 9.59 Å². The first kappa shape index (κ1) is 25.1. The molecular formula is C28H28ClN5O2. The van der Waals surface area contributed by atoms with Gasteiger partial charge in [0.2, 0.25) is 6.41 Å². The van der Waals surface area contributed by atoms with Crippen LogP contribution >= 0.6 is 11.6 Å². The van der Waals surface area contributed by atoms with Gasteiger partial charge in [-0.05, 0) is 30.3 Å². The van der Waals surface area contributed by atoms with E-state index in [0.717, 1.165) is 41.8 Å².